The molecule has 0 heterocycles. The number of aryl methyl sites for hydroxylation is 1. The monoisotopic (exact) mass is 379 g/mol. The summed E-state index contributed by atoms with van der Waals surface area (Å²) in [6.07, 6.45) is 1.99. The molecule has 1 aliphatic carbocycles. The number of non-ortho nitro benzene ring substituents is 1. The smallest absolute Gasteiger partial charge is 0.317 e. The van der Waals surface area contributed by atoms with Crippen LogP contribution in [0.4, 0.5) is 5.69 Å². The van der Waals surface area contributed by atoms with Gasteiger partial charge in [-0.05, 0) is 43.0 Å². The van der Waals surface area contributed by atoms with E-state index in [1.54, 1.807) is 19.1 Å². The molecule has 0 amide bonds. The zero-order chi connectivity index (χ0) is 20.3. The molecular formula is C22H21NO5. The summed E-state index contributed by atoms with van der Waals surface area (Å²) < 4.78 is 5.13. The molecule has 0 aromatic heterocycles. The van der Waals surface area contributed by atoms with Crippen LogP contribution >= 0.6 is 0 Å². The summed E-state index contributed by atoms with van der Waals surface area (Å²) in [5, 5.41) is 10.9. The van der Waals surface area contributed by atoms with Crippen molar-refractivity contribution in [2.75, 3.05) is 6.61 Å². The number of benzene rings is 2. The maximum absolute atomic E-state index is 12.9. The number of hydrogen-bond acceptors (Lipinski definition) is 5. The van der Waals surface area contributed by atoms with Crippen molar-refractivity contribution in [1.29, 1.82) is 0 Å². The molecule has 0 radical (unpaired) electrons. The van der Waals surface area contributed by atoms with Crippen molar-refractivity contribution in [2.24, 2.45) is 5.92 Å². The molecule has 1 aliphatic rings. The Morgan fingerprint density at radius 3 is 2.54 bits per heavy atom. The van der Waals surface area contributed by atoms with Crippen LogP contribution in [0.1, 0.15) is 36.0 Å². The molecular weight excluding hydrogens is 358 g/mol. The van der Waals surface area contributed by atoms with Gasteiger partial charge in [0.2, 0.25) is 0 Å². The first-order valence-electron chi connectivity index (χ1n) is 9.13. The van der Waals surface area contributed by atoms with Gasteiger partial charge in [0.05, 0.1) is 11.5 Å². The molecule has 6 heteroatoms. The van der Waals surface area contributed by atoms with Crippen molar-refractivity contribution in [3.8, 4) is 0 Å². The molecule has 0 spiro atoms. The highest BCUT2D eigenvalue weighted by Crippen LogP contribution is 2.40. The van der Waals surface area contributed by atoms with E-state index < -0.39 is 22.7 Å². The van der Waals surface area contributed by atoms with Crippen LogP contribution in [-0.2, 0) is 14.3 Å². The first-order chi connectivity index (χ1) is 13.4. The fourth-order valence-electron chi connectivity index (χ4n) is 3.59. The van der Waals surface area contributed by atoms with E-state index in [-0.39, 0.29) is 18.1 Å². The average molecular weight is 379 g/mol. The third-order valence-corrected chi connectivity index (χ3v) is 4.93. The van der Waals surface area contributed by atoms with E-state index in [0.717, 1.165) is 16.7 Å². The molecule has 0 fully saturated rings. The molecule has 6 nitrogen and oxygen atoms in total. The quantitative estimate of drug-likeness (QED) is 0.336. The van der Waals surface area contributed by atoms with Crippen LogP contribution in [0.25, 0.3) is 5.57 Å². The van der Waals surface area contributed by atoms with Crippen LogP contribution < -0.4 is 0 Å². The molecule has 0 unspecified atom stereocenters. The van der Waals surface area contributed by atoms with E-state index in [9.17, 15) is 19.7 Å². The number of carbonyl (C=O) groups is 2. The molecule has 0 bridgehead atoms. The third-order valence-electron chi connectivity index (χ3n) is 4.93. The first kappa shape index (κ1) is 19.5. The van der Waals surface area contributed by atoms with Crippen LogP contribution in [-0.4, -0.2) is 23.3 Å². The van der Waals surface area contributed by atoms with Crippen LogP contribution in [0.5, 0.6) is 0 Å². The molecule has 0 saturated carbocycles. The Hall–Kier alpha value is -3.28. The summed E-state index contributed by atoms with van der Waals surface area (Å²) in [6, 6.07) is 13.8. The van der Waals surface area contributed by atoms with E-state index >= 15 is 0 Å². The number of carbonyl (C=O) groups excluding carboxylic acids is 2. The summed E-state index contributed by atoms with van der Waals surface area (Å²) in [6.45, 7) is 3.86. The van der Waals surface area contributed by atoms with Crippen molar-refractivity contribution >= 4 is 23.0 Å². The third kappa shape index (κ3) is 4.01. The number of nitrogens with zero attached hydrogens (tertiary/aromatic N) is 1. The van der Waals surface area contributed by atoms with Crippen LogP contribution in [0.2, 0.25) is 0 Å². The average Bonchev–Trinajstić information content (AvgIpc) is 2.67. The minimum atomic E-state index is -0.949. The Morgan fingerprint density at radius 2 is 1.93 bits per heavy atom. The zero-order valence-corrected chi connectivity index (χ0v) is 15.8. The highest BCUT2D eigenvalue weighted by molar-refractivity contribution is 6.10. The Bertz CT molecular complexity index is 946. The van der Waals surface area contributed by atoms with Gasteiger partial charge in [0, 0.05) is 18.1 Å². The minimum absolute atomic E-state index is 0.0342. The topological polar surface area (TPSA) is 86.5 Å². The second-order valence-corrected chi connectivity index (χ2v) is 6.83. The highest BCUT2D eigenvalue weighted by atomic mass is 16.6. The largest absolute Gasteiger partial charge is 0.465 e. The summed E-state index contributed by atoms with van der Waals surface area (Å²) >= 11 is 0. The number of nitro benzene ring substituents is 1. The molecule has 0 aliphatic heterocycles. The van der Waals surface area contributed by atoms with Gasteiger partial charge >= 0.3 is 5.97 Å². The lowest BCUT2D eigenvalue weighted by Crippen LogP contribution is -2.34. The van der Waals surface area contributed by atoms with Crippen LogP contribution in [0.3, 0.4) is 0 Å². The lowest BCUT2D eigenvalue weighted by molar-refractivity contribution is -0.384. The van der Waals surface area contributed by atoms with Gasteiger partial charge in [0.15, 0.2) is 5.78 Å². The van der Waals surface area contributed by atoms with Crippen molar-refractivity contribution in [3.63, 3.8) is 0 Å². The van der Waals surface area contributed by atoms with E-state index in [1.807, 2.05) is 31.2 Å². The molecule has 144 valence electrons. The molecule has 28 heavy (non-hydrogen) atoms. The van der Waals surface area contributed by atoms with Gasteiger partial charge in [0.1, 0.15) is 5.92 Å². The molecule has 3 rings (SSSR count). The van der Waals surface area contributed by atoms with Crippen LogP contribution in [0.15, 0.2) is 54.6 Å². The number of esters is 1. The van der Waals surface area contributed by atoms with Gasteiger partial charge in [-0.25, -0.2) is 0 Å². The molecule has 2 aromatic rings. The molecule has 0 saturated heterocycles. The minimum Gasteiger partial charge on any atom is -0.465 e. The van der Waals surface area contributed by atoms with E-state index in [2.05, 4.69) is 0 Å². The number of allylic oxidation sites excluding steroid dienone is 2. The standard InChI is InChI=1S/C22H21NO5/c1-3-28-22(25)21-19(15-7-9-18(10-8-15)23(26)27)12-17(13-20(21)24)16-6-4-5-14(2)11-16/h4-11,13,19,21H,3,12H2,1-2H3/t19-,21+/m1/s1. The van der Waals surface area contributed by atoms with E-state index in [0.29, 0.717) is 12.0 Å². The van der Waals surface area contributed by atoms with Crippen molar-refractivity contribution in [2.45, 2.75) is 26.2 Å². The highest BCUT2D eigenvalue weighted by Gasteiger charge is 2.39. The molecule has 2 atom stereocenters. The predicted molar refractivity (Wildman–Crippen MR) is 105 cm³/mol. The van der Waals surface area contributed by atoms with Gasteiger partial charge < -0.3 is 4.74 Å². The SMILES string of the molecule is CCOC(=O)[C@@H]1C(=O)C=C(c2cccc(C)c2)C[C@@H]1c1ccc([N+](=O)[O-])cc1. The lowest BCUT2D eigenvalue weighted by Gasteiger charge is -2.29. The summed E-state index contributed by atoms with van der Waals surface area (Å²) in [7, 11) is 0. The Balaban J connectivity index is 2.02. The number of nitro groups is 1. The fourth-order valence-corrected chi connectivity index (χ4v) is 3.59. The predicted octanol–water partition coefficient (Wildman–Crippen LogP) is 4.22. The first-order valence-corrected chi connectivity index (χ1v) is 9.13. The van der Waals surface area contributed by atoms with Gasteiger partial charge in [-0.3, -0.25) is 19.7 Å². The van der Waals surface area contributed by atoms with Crippen LogP contribution in [0, 0.1) is 23.0 Å². The van der Waals surface area contributed by atoms with Gasteiger partial charge in [-0.1, -0.05) is 42.0 Å². The Kier molecular flexibility index (Phi) is 5.68. The maximum Gasteiger partial charge on any atom is 0.317 e. The maximum atomic E-state index is 12.9. The second kappa shape index (κ2) is 8.17. The number of ketones is 1. The summed E-state index contributed by atoms with van der Waals surface area (Å²) in [5.74, 6) is -2.25. The van der Waals surface area contributed by atoms with Gasteiger partial charge in [-0.2, -0.15) is 0 Å². The lowest BCUT2D eigenvalue weighted by atomic mass is 9.73. The normalized spacial score (nSPS) is 19.1. The number of hydrogen-bond donors (Lipinski definition) is 0. The Morgan fingerprint density at radius 1 is 1.21 bits per heavy atom. The van der Waals surface area contributed by atoms with E-state index in [1.165, 1.54) is 18.2 Å². The second-order valence-electron chi connectivity index (χ2n) is 6.83. The van der Waals surface area contributed by atoms with Crippen molar-refractivity contribution in [1.82, 2.24) is 0 Å². The van der Waals surface area contributed by atoms with Crippen molar-refractivity contribution < 1.29 is 19.2 Å². The molecule has 0 N–H and O–H groups in total. The molecule has 2 aromatic carbocycles. The zero-order valence-electron chi connectivity index (χ0n) is 15.8. The number of rotatable bonds is 5. The Labute approximate surface area is 163 Å². The van der Waals surface area contributed by atoms with E-state index in [4.69, 9.17) is 4.74 Å². The summed E-state index contributed by atoms with van der Waals surface area (Å²) in [5.41, 5.74) is 3.52. The van der Waals surface area contributed by atoms with Crippen molar-refractivity contribution in [3.05, 3.63) is 81.4 Å². The van der Waals surface area contributed by atoms with Gasteiger partial charge in [0.25, 0.3) is 5.69 Å². The summed E-state index contributed by atoms with van der Waals surface area (Å²) in [4.78, 5) is 35.8. The number of ether oxygens (including phenoxy) is 1. The fraction of sp³-hybridized carbons (Fsp3) is 0.273. The van der Waals surface area contributed by atoms with Gasteiger partial charge in [-0.15, -0.1) is 0 Å².